The van der Waals surface area contributed by atoms with E-state index in [1.54, 1.807) is 5.38 Å². The van der Waals surface area contributed by atoms with Crippen LogP contribution in [0.1, 0.15) is 24.3 Å². The molecule has 0 saturated heterocycles. The van der Waals surface area contributed by atoms with Crippen molar-refractivity contribution in [1.82, 2.24) is 4.98 Å². The van der Waals surface area contributed by atoms with Gasteiger partial charge >= 0.3 is 5.97 Å². The topological polar surface area (TPSA) is 66.2 Å². The van der Waals surface area contributed by atoms with Gasteiger partial charge in [0, 0.05) is 18.5 Å². The number of ether oxygens (including phenoxy) is 1. The Hall–Kier alpha value is -1.61. The maximum absolute atomic E-state index is 11.3. The molecule has 0 amide bonds. The molecule has 0 N–H and O–H groups in total. The summed E-state index contributed by atoms with van der Waals surface area (Å²) < 4.78 is 4.60. The van der Waals surface area contributed by atoms with E-state index in [1.165, 1.54) is 18.4 Å². The van der Waals surface area contributed by atoms with Crippen molar-refractivity contribution in [3.63, 3.8) is 0 Å². The van der Waals surface area contributed by atoms with Gasteiger partial charge in [0.2, 0.25) is 0 Å². The van der Waals surface area contributed by atoms with E-state index in [4.69, 9.17) is 5.26 Å². The average Bonchev–Trinajstić information content (AvgIpc) is 2.83. The summed E-state index contributed by atoms with van der Waals surface area (Å²) in [5.41, 5.74) is 0.315. The highest BCUT2D eigenvalue weighted by Crippen LogP contribution is 2.21. The minimum Gasteiger partial charge on any atom is -0.464 e. The van der Waals surface area contributed by atoms with Gasteiger partial charge in [-0.1, -0.05) is 0 Å². The second-order valence-corrected chi connectivity index (χ2v) is 4.41. The van der Waals surface area contributed by atoms with Gasteiger partial charge in [-0.2, -0.15) is 5.26 Å². The van der Waals surface area contributed by atoms with Crippen molar-refractivity contribution in [2.75, 3.05) is 25.1 Å². The Balaban J connectivity index is 2.79. The first-order valence-corrected chi connectivity index (χ1v) is 6.18. The molecule has 1 aromatic rings. The largest absolute Gasteiger partial charge is 0.464 e. The molecule has 0 aliphatic carbocycles. The molecular weight excluding hydrogens is 238 g/mol. The number of aromatic nitrogens is 1. The van der Waals surface area contributed by atoms with E-state index in [-0.39, 0.29) is 5.92 Å². The zero-order chi connectivity index (χ0) is 12.8. The van der Waals surface area contributed by atoms with Crippen molar-refractivity contribution in [3.05, 3.63) is 11.1 Å². The molecule has 0 fully saturated rings. The van der Waals surface area contributed by atoms with Crippen molar-refractivity contribution in [3.8, 4) is 6.07 Å². The minimum atomic E-state index is -0.433. The van der Waals surface area contributed by atoms with Crippen LogP contribution in [0.25, 0.3) is 0 Å². The lowest BCUT2D eigenvalue weighted by Gasteiger charge is -2.20. The zero-order valence-electron chi connectivity index (χ0n) is 10.1. The van der Waals surface area contributed by atoms with Gasteiger partial charge in [0.1, 0.15) is 0 Å². The van der Waals surface area contributed by atoms with E-state index >= 15 is 0 Å². The first-order chi connectivity index (χ1) is 8.12. The van der Waals surface area contributed by atoms with Crippen LogP contribution in [0.4, 0.5) is 5.13 Å². The van der Waals surface area contributed by atoms with Gasteiger partial charge in [-0.05, 0) is 13.8 Å². The molecule has 1 atom stereocenters. The first-order valence-electron chi connectivity index (χ1n) is 5.30. The lowest BCUT2D eigenvalue weighted by Crippen LogP contribution is -2.27. The van der Waals surface area contributed by atoms with Gasteiger partial charge in [0.25, 0.3) is 0 Å². The maximum Gasteiger partial charge on any atom is 0.357 e. The molecule has 92 valence electrons. The quantitative estimate of drug-likeness (QED) is 0.750. The molecule has 0 aliphatic heterocycles. The van der Waals surface area contributed by atoms with Crippen LogP contribution in [0, 0.1) is 17.2 Å². The molecule has 0 radical (unpaired) electrons. The number of esters is 1. The minimum absolute atomic E-state index is 0.0690. The third-order valence-corrected chi connectivity index (χ3v) is 3.15. The monoisotopic (exact) mass is 253 g/mol. The predicted octanol–water partition coefficient (Wildman–Crippen LogP) is 1.92. The standard InChI is InChI=1S/C11H15N3O2S/c1-4-14(6-8(2)5-12)11-13-9(7-17-11)10(15)16-3/h7-8H,4,6H2,1-3H3. The maximum atomic E-state index is 11.3. The van der Waals surface area contributed by atoms with Crippen molar-refractivity contribution >= 4 is 22.4 Å². The SMILES string of the molecule is CCN(CC(C)C#N)c1nc(C(=O)OC)cs1. The van der Waals surface area contributed by atoms with Crippen LogP contribution >= 0.6 is 11.3 Å². The number of methoxy groups -OCH3 is 1. The fraction of sp³-hybridized carbons (Fsp3) is 0.545. The number of carbonyl (C=O) groups excluding carboxylic acids is 1. The molecule has 6 heteroatoms. The van der Waals surface area contributed by atoms with E-state index in [0.29, 0.717) is 12.2 Å². The van der Waals surface area contributed by atoms with Crippen molar-refractivity contribution < 1.29 is 9.53 Å². The van der Waals surface area contributed by atoms with E-state index in [9.17, 15) is 4.79 Å². The van der Waals surface area contributed by atoms with Crippen LogP contribution in [0.15, 0.2) is 5.38 Å². The Morgan fingerprint density at radius 2 is 2.47 bits per heavy atom. The van der Waals surface area contributed by atoms with Crippen LogP contribution < -0.4 is 4.90 Å². The van der Waals surface area contributed by atoms with Gasteiger partial charge in [0.05, 0.1) is 19.1 Å². The summed E-state index contributed by atoms with van der Waals surface area (Å²) in [7, 11) is 1.33. The molecular formula is C11H15N3O2S. The highest BCUT2D eigenvalue weighted by Gasteiger charge is 2.16. The van der Waals surface area contributed by atoms with Crippen molar-refractivity contribution in [2.24, 2.45) is 5.92 Å². The Labute approximate surface area is 105 Å². The summed E-state index contributed by atoms with van der Waals surface area (Å²) in [5, 5.41) is 11.2. The number of rotatable bonds is 5. The van der Waals surface area contributed by atoms with Crippen molar-refractivity contribution in [2.45, 2.75) is 13.8 Å². The summed E-state index contributed by atoms with van der Waals surface area (Å²) in [4.78, 5) is 17.4. The highest BCUT2D eigenvalue weighted by molar-refractivity contribution is 7.13. The Morgan fingerprint density at radius 1 is 1.76 bits per heavy atom. The van der Waals surface area contributed by atoms with E-state index in [1.807, 2.05) is 18.7 Å². The van der Waals surface area contributed by atoms with Crippen LogP contribution in [0.5, 0.6) is 0 Å². The molecule has 1 aromatic heterocycles. The number of hydrogen-bond acceptors (Lipinski definition) is 6. The third-order valence-electron chi connectivity index (χ3n) is 2.25. The molecule has 0 spiro atoms. The number of carbonyl (C=O) groups is 1. The van der Waals surface area contributed by atoms with Gasteiger partial charge < -0.3 is 9.64 Å². The van der Waals surface area contributed by atoms with Gasteiger partial charge in [0.15, 0.2) is 10.8 Å². The molecule has 17 heavy (non-hydrogen) atoms. The molecule has 5 nitrogen and oxygen atoms in total. The highest BCUT2D eigenvalue weighted by atomic mass is 32.1. The van der Waals surface area contributed by atoms with Crippen LogP contribution in [0.2, 0.25) is 0 Å². The first kappa shape index (κ1) is 13.5. The number of anilines is 1. The molecule has 0 aromatic carbocycles. The zero-order valence-corrected chi connectivity index (χ0v) is 11.0. The van der Waals surface area contributed by atoms with Crippen molar-refractivity contribution in [1.29, 1.82) is 5.26 Å². The van der Waals surface area contributed by atoms with Gasteiger partial charge in [-0.3, -0.25) is 0 Å². The molecule has 0 bridgehead atoms. The molecule has 0 aliphatic rings. The Morgan fingerprint density at radius 3 is 3.00 bits per heavy atom. The summed E-state index contributed by atoms with van der Waals surface area (Å²) in [6, 6.07) is 2.18. The lowest BCUT2D eigenvalue weighted by atomic mass is 10.2. The summed E-state index contributed by atoms with van der Waals surface area (Å²) in [6.45, 7) is 5.21. The van der Waals surface area contributed by atoms with E-state index < -0.39 is 5.97 Å². The van der Waals surface area contributed by atoms with Gasteiger partial charge in [-0.25, -0.2) is 9.78 Å². The summed E-state index contributed by atoms with van der Waals surface area (Å²) >= 11 is 1.38. The second-order valence-electron chi connectivity index (χ2n) is 3.58. The van der Waals surface area contributed by atoms with Crippen LogP contribution in [0.3, 0.4) is 0 Å². The number of nitriles is 1. The Kier molecular flexibility index (Phi) is 4.91. The molecule has 1 heterocycles. The fourth-order valence-electron chi connectivity index (χ4n) is 1.32. The summed E-state index contributed by atoms with van der Waals surface area (Å²) in [6.07, 6.45) is 0. The number of hydrogen-bond donors (Lipinski definition) is 0. The Bertz CT molecular complexity index is 425. The number of nitrogens with zero attached hydrogens (tertiary/aromatic N) is 3. The summed E-state index contributed by atoms with van der Waals surface area (Å²) in [5.74, 6) is -0.502. The lowest BCUT2D eigenvalue weighted by molar-refractivity contribution is 0.0595. The molecule has 0 saturated carbocycles. The average molecular weight is 253 g/mol. The smallest absolute Gasteiger partial charge is 0.357 e. The normalized spacial score (nSPS) is 11.6. The fourth-order valence-corrected chi connectivity index (χ4v) is 2.19. The van der Waals surface area contributed by atoms with E-state index in [0.717, 1.165) is 11.7 Å². The molecule has 1 rings (SSSR count). The van der Waals surface area contributed by atoms with Gasteiger partial charge in [-0.15, -0.1) is 11.3 Å². The second kappa shape index (κ2) is 6.21. The van der Waals surface area contributed by atoms with E-state index in [2.05, 4.69) is 15.8 Å². The number of thiazole rings is 1. The predicted molar refractivity (Wildman–Crippen MR) is 66.1 cm³/mol. The third kappa shape index (κ3) is 3.43. The van der Waals surface area contributed by atoms with Crippen LogP contribution in [-0.2, 0) is 4.74 Å². The molecule has 1 unspecified atom stereocenters. The van der Waals surface area contributed by atoms with Crippen LogP contribution in [-0.4, -0.2) is 31.2 Å².